The number of para-hydroxylation sites is 1. The molecule has 0 bridgehead atoms. The summed E-state index contributed by atoms with van der Waals surface area (Å²) in [6, 6.07) is 20.1. The summed E-state index contributed by atoms with van der Waals surface area (Å²) in [6.45, 7) is 0. The first-order chi connectivity index (χ1) is 15.3. The number of hydrogen-bond acceptors (Lipinski definition) is 4. The number of aromatic amines is 2. The molecule has 0 fully saturated rings. The number of H-pyrrole nitrogens is 2. The molecule has 6 nitrogen and oxygen atoms in total. The summed E-state index contributed by atoms with van der Waals surface area (Å²) in [7, 11) is 0. The van der Waals surface area contributed by atoms with Crippen LogP contribution < -0.4 is 0 Å². The van der Waals surface area contributed by atoms with Gasteiger partial charge in [-0.3, -0.25) is 10.1 Å². The highest BCUT2D eigenvalue weighted by Gasteiger charge is 2.17. The smallest absolute Gasteiger partial charge is 0.161 e. The molecule has 7 heteroatoms. The second kappa shape index (κ2) is 6.84. The zero-order valence-corrected chi connectivity index (χ0v) is 16.2. The minimum atomic E-state index is -0.284. The molecule has 0 unspecified atom stereocenters. The highest BCUT2D eigenvalue weighted by molar-refractivity contribution is 5.96. The first kappa shape index (κ1) is 17.5. The van der Waals surface area contributed by atoms with Gasteiger partial charge >= 0.3 is 0 Å². The van der Waals surface area contributed by atoms with E-state index in [4.69, 9.17) is 9.97 Å². The summed E-state index contributed by atoms with van der Waals surface area (Å²) in [5.41, 5.74) is 6.64. The van der Waals surface area contributed by atoms with E-state index >= 15 is 0 Å². The van der Waals surface area contributed by atoms with Gasteiger partial charge in [0.15, 0.2) is 11.5 Å². The molecule has 148 valence electrons. The van der Waals surface area contributed by atoms with Gasteiger partial charge in [-0.2, -0.15) is 5.10 Å². The van der Waals surface area contributed by atoms with Crippen molar-refractivity contribution in [3.05, 3.63) is 84.9 Å². The molecule has 0 spiro atoms. The van der Waals surface area contributed by atoms with Gasteiger partial charge in [0.25, 0.3) is 0 Å². The summed E-state index contributed by atoms with van der Waals surface area (Å²) in [6.07, 6.45) is 3.47. The van der Waals surface area contributed by atoms with Crippen LogP contribution in [0.15, 0.2) is 79.1 Å². The zero-order chi connectivity index (χ0) is 20.8. The third-order valence-corrected chi connectivity index (χ3v) is 5.28. The zero-order valence-electron chi connectivity index (χ0n) is 16.2. The van der Waals surface area contributed by atoms with Crippen molar-refractivity contribution in [3.8, 4) is 33.9 Å². The van der Waals surface area contributed by atoms with Gasteiger partial charge in [-0.1, -0.05) is 30.3 Å². The van der Waals surface area contributed by atoms with Crippen molar-refractivity contribution in [2.75, 3.05) is 0 Å². The Morgan fingerprint density at radius 2 is 1.55 bits per heavy atom. The molecule has 4 heterocycles. The van der Waals surface area contributed by atoms with Gasteiger partial charge in [0.05, 0.1) is 22.2 Å². The molecule has 0 aliphatic carbocycles. The molecule has 2 aromatic carbocycles. The Bertz CT molecular complexity index is 1550. The third kappa shape index (κ3) is 2.86. The van der Waals surface area contributed by atoms with Crippen LogP contribution in [0, 0.1) is 5.82 Å². The number of nitrogens with zero attached hydrogens (tertiary/aromatic N) is 4. The van der Waals surface area contributed by atoms with E-state index in [9.17, 15) is 4.39 Å². The molecule has 0 atom stereocenters. The average molecular weight is 406 g/mol. The first-order valence-electron chi connectivity index (χ1n) is 9.77. The molecule has 31 heavy (non-hydrogen) atoms. The lowest BCUT2D eigenvalue weighted by atomic mass is 10.0. The van der Waals surface area contributed by atoms with Crippen molar-refractivity contribution in [2.24, 2.45) is 0 Å². The second-order valence-corrected chi connectivity index (χ2v) is 7.17. The number of rotatable bonds is 3. The van der Waals surface area contributed by atoms with Crippen LogP contribution in [0.1, 0.15) is 0 Å². The fourth-order valence-corrected chi connectivity index (χ4v) is 3.79. The Hall–Kier alpha value is -4.39. The largest absolute Gasteiger partial charge is 0.336 e. The van der Waals surface area contributed by atoms with Crippen LogP contribution in [0.25, 0.3) is 56.0 Å². The lowest BCUT2D eigenvalue weighted by Gasteiger charge is -2.03. The van der Waals surface area contributed by atoms with E-state index in [1.165, 1.54) is 6.07 Å². The fraction of sp³-hybridized carbons (Fsp3) is 0. The Morgan fingerprint density at radius 1 is 0.710 bits per heavy atom. The molecule has 4 aromatic heterocycles. The normalized spacial score (nSPS) is 11.4. The molecule has 2 N–H and O–H groups in total. The van der Waals surface area contributed by atoms with Crippen molar-refractivity contribution in [2.45, 2.75) is 0 Å². The van der Waals surface area contributed by atoms with Crippen molar-refractivity contribution < 1.29 is 4.39 Å². The molecule has 6 aromatic rings. The third-order valence-electron chi connectivity index (χ3n) is 5.28. The van der Waals surface area contributed by atoms with Gasteiger partial charge in [0, 0.05) is 29.1 Å². The van der Waals surface area contributed by atoms with E-state index in [2.05, 4.69) is 20.2 Å². The maximum absolute atomic E-state index is 14.4. The van der Waals surface area contributed by atoms with E-state index in [-0.39, 0.29) is 5.82 Å². The summed E-state index contributed by atoms with van der Waals surface area (Å²) >= 11 is 0. The molecular weight excluding hydrogens is 391 g/mol. The number of fused-ring (bicyclic) bond motifs is 2. The van der Waals surface area contributed by atoms with Crippen molar-refractivity contribution >= 4 is 22.1 Å². The molecule has 6 rings (SSSR count). The van der Waals surface area contributed by atoms with E-state index in [1.807, 2.05) is 48.5 Å². The number of nitrogens with one attached hydrogen (secondary N) is 2. The van der Waals surface area contributed by atoms with Gasteiger partial charge < -0.3 is 4.98 Å². The Kier molecular flexibility index (Phi) is 3.86. The number of benzene rings is 2. The topological polar surface area (TPSA) is 83.1 Å². The van der Waals surface area contributed by atoms with Crippen LogP contribution in [0.2, 0.25) is 0 Å². The molecular formula is C24H15FN6. The van der Waals surface area contributed by atoms with Gasteiger partial charge in [0.2, 0.25) is 0 Å². The molecule has 0 amide bonds. The van der Waals surface area contributed by atoms with E-state index < -0.39 is 0 Å². The minimum absolute atomic E-state index is 0.284. The molecule has 0 saturated heterocycles. The van der Waals surface area contributed by atoms with Gasteiger partial charge in [-0.15, -0.1) is 0 Å². The number of halogens is 1. The first-order valence-corrected chi connectivity index (χ1v) is 9.77. The van der Waals surface area contributed by atoms with Gasteiger partial charge in [-0.25, -0.2) is 14.4 Å². The lowest BCUT2D eigenvalue weighted by Crippen LogP contribution is -1.87. The van der Waals surface area contributed by atoms with E-state index in [0.29, 0.717) is 28.1 Å². The number of pyridine rings is 2. The highest BCUT2D eigenvalue weighted by atomic mass is 19.1. The van der Waals surface area contributed by atoms with Crippen LogP contribution in [0.3, 0.4) is 0 Å². The molecule has 0 saturated carbocycles. The molecule has 0 aliphatic rings. The van der Waals surface area contributed by atoms with Gasteiger partial charge in [0.1, 0.15) is 11.3 Å². The van der Waals surface area contributed by atoms with Crippen LogP contribution >= 0.6 is 0 Å². The Labute approximate surface area is 175 Å². The monoisotopic (exact) mass is 406 g/mol. The Balaban J connectivity index is 1.53. The maximum atomic E-state index is 14.4. The summed E-state index contributed by atoms with van der Waals surface area (Å²) in [5.74, 6) is 0.290. The minimum Gasteiger partial charge on any atom is -0.336 e. The summed E-state index contributed by atoms with van der Waals surface area (Å²) in [4.78, 5) is 17.0. The van der Waals surface area contributed by atoms with Gasteiger partial charge in [-0.05, 0) is 36.4 Å². The quantitative estimate of drug-likeness (QED) is 0.414. The predicted molar refractivity (Wildman–Crippen MR) is 118 cm³/mol. The van der Waals surface area contributed by atoms with Crippen LogP contribution in [0.5, 0.6) is 0 Å². The van der Waals surface area contributed by atoms with Crippen LogP contribution in [-0.4, -0.2) is 30.1 Å². The van der Waals surface area contributed by atoms with Crippen LogP contribution in [0.4, 0.5) is 4.39 Å². The van der Waals surface area contributed by atoms with Crippen molar-refractivity contribution in [1.29, 1.82) is 0 Å². The average Bonchev–Trinajstić information content (AvgIpc) is 3.43. The van der Waals surface area contributed by atoms with Crippen LogP contribution in [-0.2, 0) is 0 Å². The van der Waals surface area contributed by atoms with E-state index in [0.717, 1.165) is 27.9 Å². The fourth-order valence-electron chi connectivity index (χ4n) is 3.79. The Morgan fingerprint density at radius 3 is 2.42 bits per heavy atom. The SMILES string of the molecule is Fc1ccccc1-c1cccc2[nH]c(-c3n[nH]c4ccc(-c5ccncc5)nc34)nc12. The summed E-state index contributed by atoms with van der Waals surface area (Å²) in [5, 5.41) is 7.47. The summed E-state index contributed by atoms with van der Waals surface area (Å²) < 4.78 is 14.4. The number of hydrogen-bond donors (Lipinski definition) is 2. The lowest BCUT2D eigenvalue weighted by molar-refractivity contribution is 0.631. The maximum Gasteiger partial charge on any atom is 0.161 e. The number of imidazole rings is 1. The standard InChI is InChI=1S/C24H15FN6/c25-17-6-2-1-4-15(17)16-5-3-7-19-21(16)29-24(28-19)23-22-20(30-31-23)9-8-18(27-22)14-10-12-26-13-11-14/h1-13H,(H,28,29)(H,30,31). The number of aromatic nitrogens is 6. The van der Waals surface area contributed by atoms with E-state index in [1.54, 1.807) is 24.5 Å². The highest BCUT2D eigenvalue weighted by Crippen LogP contribution is 2.32. The second-order valence-electron chi connectivity index (χ2n) is 7.17. The van der Waals surface area contributed by atoms with Crippen molar-refractivity contribution in [3.63, 3.8) is 0 Å². The predicted octanol–water partition coefficient (Wildman–Crippen LogP) is 5.37. The molecule has 0 aliphatic heterocycles. The van der Waals surface area contributed by atoms with Crippen molar-refractivity contribution in [1.82, 2.24) is 30.1 Å². The molecule has 0 radical (unpaired) electrons.